The van der Waals surface area contributed by atoms with E-state index in [1.54, 1.807) is 26.0 Å². The van der Waals surface area contributed by atoms with Crippen LogP contribution in [-0.4, -0.2) is 36.5 Å². The Kier molecular flexibility index (Phi) is 3.87. The average molecular weight is 294 g/mol. The average Bonchev–Trinajstić information content (AvgIpc) is 2.38. The molecule has 0 amide bonds. The summed E-state index contributed by atoms with van der Waals surface area (Å²) < 4.78 is 26.6. The van der Waals surface area contributed by atoms with E-state index in [4.69, 9.17) is 5.26 Å². The summed E-state index contributed by atoms with van der Waals surface area (Å²) >= 11 is 0. The molecule has 0 bridgehead atoms. The van der Waals surface area contributed by atoms with E-state index in [1.165, 1.54) is 10.4 Å². The number of hydrogen-bond donors (Lipinski definition) is 1. The maximum Gasteiger partial charge on any atom is 0.243 e. The second-order valence-electron chi connectivity index (χ2n) is 5.49. The highest BCUT2D eigenvalue weighted by Gasteiger charge is 2.34. The lowest BCUT2D eigenvalue weighted by Crippen LogP contribution is -2.45. The van der Waals surface area contributed by atoms with Crippen LogP contribution in [0.4, 0.5) is 0 Å². The summed E-state index contributed by atoms with van der Waals surface area (Å²) in [5, 5.41) is 18.8. The minimum absolute atomic E-state index is 0.179. The van der Waals surface area contributed by atoms with Crippen LogP contribution in [0.1, 0.15) is 30.9 Å². The van der Waals surface area contributed by atoms with Crippen molar-refractivity contribution < 1.29 is 13.5 Å². The molecule has 0 spiro atoms. The molecule has 5 nitrogen and oxygen atoms in total. The maximum atomic E-state index is 12.6. The zero-order valence-corrected chi connectivity index (χ0v) is 12.4. The van der Waals surface area contributed by atoms with Crippen LogP contribution in [-0.2, 0) is 10.0 Å². The van der Waals surface area contributed by atoms with Gasteiger partial charge in [0.2, 0.25) is 10.0 Å². The molecular weight excluding hydrogens is 276 g/mol. The summed E-state index contributed by atoms with van der Waals surface area (Å²) in [6.45, 7) is 4.03. The number of rotatable bonds is 2. The maximum absolute atomic E-state index is 12.6. The molecule has 0 saturated carbocycles. The molecule has 0 atom stereocenters. The molecule has 1 heterocycles. The van der Waals surface area contributed by atoms with Crippen LogP contribution < -0.4 is 0 Å². The normalized spacial score (nSPS) is 19.5. The first-order valence-electron chi connectivity index (χ1n) is 6.49. The number of benzene rings is 1. The lowest BCUT2D eigenvalue weighted by Gasteiger charge is -2.35. The second kappa shape index (κ2) is 5.17. The van der Waals surface area contributed by atoms with Gasteiger partial charge in [0.05, 0.1) is 22.1 Å². The number of piperidine rings is 1. The van der Waals surface area contributed by atoms with Crippen molar-refractivity contribution in [1.29, 1.82) is 5.26 Å². The molecule has 108 valence electrons. The molecule has 1 aromatic rings. The number of aryl methyl sites for hydroxylation is 1. The fourth-order valence-corrected chi connectivity index (χ4v) is 3.99. The molecule has 0 radical (unpaired) electrons. The Labute approximate surface area is 119 Å². The summed E-state index contributed by atoms with van der Waals surface area (Å²) in [5.74, 6) is 0. The van der Waals surface area contributed by atoms with Crippen LogP contribution in [0, 0.1) is 18.3 Å². The molecule has 1 saturated heterocycles. The van der Waals surface area contributed by atoms with Crippen molar-refractivity contribution in [2.75, 3.05) is 13.1 Å². The van der Waals surface area contributed by atoms with Gasteiger partial charge in [-0.25, -0.2) is 8.42 Å². The monoisotopic (exact) mass is 294 g/mol. The van der Waals surface area contributed by atoms with Gasteiger partial charge < -0.3 is 5.11 Å². The Morgan fingerprint density at radius 2 is 1.95 bits per heavy atom. The van der Waals surface area contributed by atoms with Gasteiger partial charge >= 0.3 is 0 Å². The van der Waals surface area contributed by atoms with Crippen molar-refractivity contribution in [2.24, 2.45) is 0 Å². The van der Waals surface area contributed by atoms with Gasteiger partial charge in [0.1, 0.15) is 0 Å². The topological polar surface area (TPSA) is 81.4 Å². The molecule has 20 heavy (non-hydrogen) atoms. The summed E-state index contributed by atoms with van der Waals surface area (Å²) in [6, 6.07) is 6.62. The molecule has 0 aliphatic carbocycles. The van der Waals surface area contributed by atoms with E-state index >= 15 is 0 Å². The molecular formula is C14H18N2O3S. The molecule has 1 N–H and O–H groups in total. The predicted octanol–water partition coefficient (Wildman–Crippen LogP) is 1.40. The van der Waals surface area contributed by atoms with Gasteiger partial charge in [-0.05, 0) is 44.4 Å². The van der Waals surface area contributed by atoms with Gasteiger partial charge in [-0.3, -0.25) is 0 Å². The first kappa shape index (κ1) is 15.0. The van der Waals surface area contributed by atoms with Crippen molar-refractivity contribution in [2.45, 2.75) is 37.2 Å². The first-order valence-corrected chi connectivity index (χ1v) is 7.93. The molecule has 1 aromatic carbocycles. The van der Waals surface area contributed by atoms with Gasteiger partial charge in [-0.2, -0.15) is 9.57 Å². The third-order valence-electron chi connectivity index (χ3n) is 3.73. The van der Waals surface area contributed by atoms with Crippen molar-refractivity contribution in [1.82, 2.24) is 4.31 Å². The van der Waals surface area contributed by atoms with Crippen LogP contribution in [0.3, 0.4) is 0 Å². The van der Waals surface area contributed by atoms with E-state index in [0.29, 0.717) is 37.1 Å². The predicted molar refractivity (Wildman–Crippen MR) is 74.5 cm³/mol. The van der Waals surface area contributed by atoms with Crippen molar-refractivity contribution >= 4 is 10.0 Å². The minimum Gasteiger partial charge on any atom is -0.390 e. The van der Waals surface area contributed by atoms with E-state index in [2.05, 4.69) is 0 Å². The Morgan fingerprint density at radius 1 is 1.35 bits per heavy atom. The molecule has 2 rings (SSSR count). The van der Waals surface area contributed by atoms with Crippen LogP contribution in [0.25, 0.3) is 0 Å². The standard InChI is InChI=1S/C14H18N2O3S/c1-11-3-4-12(10-15)9-13(11)20(18,19)16-7-5-14(2,17)6-8-16/h3-4,9,17H,5-8H2,1-2H3. The van der Waals surface area contributed by atoms with Crippen LogP contribution >= 0.6 is 0 Å². The van der Waals surface area contributed by atoms with E-state index in [0.717, 1.165) is 0 Å². The van der Waals surface area contributed by atoms with E-state index in [1.807, 2.05) is 6.07 Å². The highest BCUT2D eigenvalue weighted by Crippen LogP contribution is 2.27. The SMILES string of the molecule is Cc1ccc(C#N)cc1S(=O)(=O)N1CCC(C)(O)CC1. The number of aliphatic hydroxyl groups is 1. The van der Waals surface area contributed by atoms with Gasteiger partial charge in [-0.15, -0.1) is 0 Å². The molecule has 1 fully saturated rings. The molecule has 1 aliphatic rings. The fraction of sp³-hybridized carbons (Fsp3) is 0.500. The van der Waals surface area contributed by atoms with Gasteiger partial charge in [0, 0.05) is 13.1 Å². The van der Waals surface area contributed by atoms with E-state index in [-0.39, 0.29) is 4.90 Å². The quantitative estimate of drug-likeness (QED) is 0.894. The Morgan fingerprint density at radius 3 is 2.50 bits per heavy atom. The van der Waals surface area contributed by atoms with Crippen LogP contribution in [0.15, 0.2) is 23.1 Å². The third-order valence-corrected chi connectivity index (χ3v) is 5.78. The van der Waals surface area contributed by atoms with Gasteiger partial charge in [-0.1, -0.05) is 6.07 Å². The Bertz CT molecular complexity index is 649. The van der Waals surface area contributed by atoms with Crippen molar-refractivity contribution in [3.63, 3.8) is 0 Å². The summed E-state index contributed by atoms with van der Waals surface area (Å²) in [4.78, 5) is 0.179. The smallest absolute Gasteiger partial charge is 0.243 e. The molecule has 0 unspecified atom stereocenters. The third kappa shape index (κ3) is 2.85. The zero-order chi connectivity index (χ0) is 15.0. The van der Waals surface area contributed by atoms with Crippen LogP contribution in [0.5, 0.6) is 0 Å². The van der Waals surface area contributed by atoms with Crippen LogP contribution in [0.2, 0.25) is 0 Å². The number of nitrogens with zero attached hydrogens (tertiary/aromatic N) is 2. The van der Waals surface area contributed by atoms with Gasteiger partial charge in [0.25, 0.3) is 0 Å². The second-order valence-corrected chi connectivity index (χ2v) is 7.40. The largest absolute Gasteiger partial charge is 0.390 e. The molecule has 1 aliphatic heterocycles. The lowest BCUT2D eigenvalue weighted by atomic mass is 9.95. The number of nitriles is 1. The highest BCUT2D eigenvalue weighted by molar-refractivity contribution is 7.89. The highest BCUT2D eigenvalue weighted by atomic mass is 32.2. The van der Waals surface area contributed by atoms with Crippen molar-refractivity contribution in [3.8, 4) is 6.07 Å². The van der Waals surface area contributed by atoms with E-state index < -0.39 is 15.6 Å². The minimum atomic E-state index is -3.60. The first-order chi connectivity index (χ1) is 9.26. The van der Waals surface area contributed by atoms with E-state index in [9.17, 15) is 13.5 Å². The summed E-state index contributed by atoms with van der Waals surface area (Å²) in [5.41, 5.74) is 0.162. The summed E-state index contributed by atoms with van der Waals surface area (Å²) in [6.07, 6.45) is 0.840. The Balaban J connectivity index is 2.35. The van der Waals surface area contributed by atoms with Gasteiger partial charge in [0.15, 0.2) is 0 Å². The number of sulfonamides is 1. The Hall–Kier alpha value is -1.42. The molecule has 6 heteroatoms. The zero-order valence-electron chi connectivity index (χ0n) is 11.6. The lowest BCUT2D eigenvalue weighted by molar-refractivity contribution is 0.0126. The summed E-state index contributed by atoms with van der Waals surface area (Å²) in [7, 11) is -3.60. The fourth-order valence-electron chi connectivity index (χ4n) is 2.29. The van der Waals surface area contributed by atoms with Crippen molar-refractivity contribution in [3.05, 3.63) is 29.3 Å². The number of hydrogen-bond acceptors (Lipinski definition) is 4. The molecule has 0 aromatic heterocycles.